The second kappa shape index (κ2) is 12.6. The van der Waals surface area contributed by atoms with E-state index in [9.17, 15) is 9.90 Å². The molecule has 0 spiro atoms. The van der Waals surface area contributed by atoms with Crippen LogP contribution in [0.25, 0.3) is 0 Å². The number of hydrogen-bond acceptors (Lipinski definition) is 8. The van der Waals surface area contributed by atoms with Crippen molar-refractivity contribution in [3.63, 3.8) is 0 Å². The van der Waals surface area contributed by atoms with Gasteiger partial charge in [-0.05, 0) is 44.6 Å². The van der Waals surface area contributed by atoms with Gasteiger partial charge in [0, 0.05) is 30.7 Å². The van der Waals surface area contributed by atoms with Crippen LogP contribution in [-0.4, -0.2) is 44.2 Å². The Bertz CT molecular complexity index is 785. The highest BCUT2D eigenvalue weighted by atomic mass is 16.5. The Hall–Kier alpha value is -2.97. The zero-order valence-corrected chi connectivity index (χ0v) is 17.8. The summed E-state index contributed by atoms with van der Waals surface area (Å²) < 4.78 is 5.25. The minimum atomic E-state index is -0.813. The number of nitrogens with two attached hydrogens (primary N) is 1. The highest BCUT2D eigenvalue weighted by Crippen LogP contribution is 2.26. The maximum atomic E-state index is 11.3. The van der Waals surface area contributed by atoms with Gasteiger partial charge in [0.25, 0.3) is 0 Å². The Morgan fingerprint density at radius 2 is 1.90 bits per heavy atom. The molecular weight excluding hydrogens is 384 g/mol. The van der Waals surface area contributed by atoms with Gasteiger partial charge in [0.2, 0.25) is 5.95 Å². The summed E-state index contributed by atoms with van der Waals surface area (Å²) in [6.45, 7) is 5.10. The molecule has 0 bridgehead atoms. The third kappa shape index (κ3) is 8.18. The second-order valence-corrected chi connectivity index (χ2v) is 7.12. The van der Waals surface area contributed by atoms with Crippen LogP contribution in [0.2, 0.25) is 0 Å². The Morgan fingerprint density at radius 3 is 2.57 bits per heavy atom. The molecule has 2 rings (SSSR count). The van der Waals surface area contributed by atoms with E-state index in [1.807, 2.05) is 19.9 Å². The van der Waals surface area contributed by atoms with E-state index in [-0.39, 0.29) is 12.3 Å². The van der Waals surface area contributed by atoms with Crippen LogP contribution in [0, 0.1) is 0 Å². The lowest BCUT2D eigenvalue weighted by molar-refractivity contribution is -0.137. The van der Waals surface area contributed by atoms with Crippen molar-refractivity contribution in [2.75, 3.05) is 24.2 Å². The van der Waals surface area contributed by atoms with E-state index in [1.165, 1.54) is 0 Å². The third-order valence-electron chi connectivity index (χ3n) is 4.68. The number of carbonyl (C=O) groups is 1. The molecule has 4 N–H and O–H groups in total. The zero-order valence-electron chi connectivity index (χ0n) is 17.8. The van der Waals surface area contributed by atoms with Crippen LogP contribution in [0.4, 0.5) is 11.8 Å². The third-order valence-corrected chi connectivity index (χ3v) is 4.68. The van der Waals surface area contributed by atoms with Crippen molar-refractivity contribution >= 4 is 17.7 Å². The number of hydrogen-bond donors (Lipinski definition) is 3. The molecule has 0 aliphatic rings. The molecule has 9 nitrogen and oxygen atoms in total. The molecule has 0 saturated carbocycles. The van der Waals surface area contributed by atoms with Gasteiger partial charge in [-0.15, -0.1) is 0 Å². The van der Waals surface area contributed by atoms with Crippen LogP contribution in [0.1, 0.15) is 69.5 Å². The molecule has 30 heavy (non-hydrogen) atoms. The number of carboxylic acids is 1. The summed E-state index contributed by atoms with van der Waals surface area (Å²) in [4.78, 5) is 28.2. The molecule has 0 saturated heterocycles. The number of anilines is 2. The largest absolute Gasteiger partial charge is 0.481 e. The van der Waals surface area contributed by atoms with Crippen molar-refractivity contribution in [3.8, 4) is 6.01 Å². The number of rotatable bonds is 14. The van der Waals surface area contributed by atoms with Crippen LogP contribution in [0.3, 0.4) is 0 Å². The van der Waals surface area contributed by atoms with Crippen molar-refractivity contribution < 1.29 is 14.6 Å². The Labute approximate surface area is 177 Å². The number of nitrogen functional groups attached to an aromatic ring is 1. The summed E-state index contributed by atoms with van der Waals surface area (Å²) in [6, 6.07) is 2.13. The molecule has 0 unspecified atom stereocenters. The SMILES string of the molecule is CCNc1nc(N)cc(CCCCCC[C@@H](CC(=O)O)c2cnc(OCC)nc2)n1. The van der Waals surface area contributed by atoms with Crippen LogP contribution in [-0.2, 0) is 11.2 Å². The average molecular weight is 417 g/mol. The summed E-state index contributed by atoms with van der Waals surface area (Å²) in [5.74, 6) is 0.140. The van der Waals surface area contributed by atoms with Gasteiger partial charge in [-0.25, -0.2) is 15.0 Å². The van der Waals surface area contributed by atoms with Crippen molar-refractivity contribution in [2.45, 2.75) is 64.7 Å². The number of unbranched alkanes of at least 4 members (excludes halogenated alkanes) is 3. The maximum absolute atomic E-state index is 11.3. The molecule has 2 aromatic heterocycles. The zero-order chi connectivity index (χ0) is 21.8. The second-order valence-electron chi connectivity index (χ2n) is 7.12. The van der Waals surface area contributed by atoms with E-state index in [0.29, 0.717) is 24.4 Å². The first-order valence-electron chi connectivity index (χ1n) is 10.6. The number of aromatic nitrogens is 4. The first kappa shape index (κ1) is 23.3. The Kier molecular flexibility index (Phi) is 9.76. The molecule has 2 heterocycles. The van der Waals surface area contributed by atoms with E-state index < -0.39 is 5.97 Å². The molecule has 0 aliphatic carbocycles. The standard InChI is InChI=1S/C21H32N6O3/c1-3-23-20-26-17(12-18(22)27-20)10-8-6-5-7-9-15(11-19(28)29)16-13-24-21(25-14-16)30-4-2/h12-15H,3-11H2,1-2H3,(H,28,29)(H3,22,23,26,27)/t15-/m0/s1. The van der Waals surface area contributed by atoms with Gasteiger partial charge in [-0.1, -0.05) is 19.3 Å². The van der Waals surface area contributed by atoms with Gasteiger partial charge in [0.15, 0.2) is 0 Å². The van der Waals surface area contributed by atoms with Gasteiger partial charge >= 0.3 is 12.0 Å². The van der Waals surface area contributed by atoms with Gasteiger partial charge in [0.1, 0.15) is 5.82 Å². The van der Waals surface area contributed by atoms with Gasteiger partial charge in [-0.2, -0.15) is 4.98 Å². The molecule has 1 atom stereocenters. The average Bonchev–Trinajstić information content (AvgIpc) is 2.70. The van der Waals surface area contributed by atoms with Crippen molar-refractivity contribution in [1.29, 1.82) is 0 Å². The number of nitrogens with zero attached hydrogens (tertiary/aromatic N) is 4. The monoisotopic (exact) mass is 416 g/mol. The number of nitrogens with one attached hydrogen (secondary N) is 1. The fraction of sp³-hybridized carbons (Fsp3) is 0.571. The molecule has 9 heteroatoms. The summed E-state index contributed by atoms with van der Waals surface area (Å²) in [7, 11) is 0. The van der Waals surface area contributed by atoms with Crippen LogP contribution in [0.5, 0.6) is 6.01 Å². The van der Waals surface area contributed by atoms with E-state index in [0.717, 1.165) is 56.3 Å². The van der Waals surface area contributed by atoms with Gasteiger partial charge in [0.05, 0.1) is 13.0 Å². The number of aryl methyl sites for hydroxylation is 1. The maximum Gasteiger partial charge on any atom is 0.316 e. The highest BCUT2D eigenvalue weighted by Gasteiger charge is 2.16. The van der Waals surface area contributed by atoms with Crippen molar-refractivity contribution in [2.24, 2.45) is 0 Å². The Balaban J connectivity index is 1.78. The molecule has 0 amide bonds. The molecule has 164 valence electrons. The molecule has 0 aromatic carbocycles. The minimum absolute atomic E-state index is 0.0742. The van der Waals surface area contributed by atoms with Crippen molar-refractivity contribution in [1.82, 2.24) is 19.9 Å². The van der Waals surface area contributed by atoms with E-state index in [4.69, 9.17) is 10.5 Å². The van der Waals surface area contributed by atoms with Gasteiger partial charge in [-0.3, -0.25) is 4.79 Å². The molecule has 2 aromatic rings. The lowest BCUT2D eigenvalue weighted by Crippen LogP contribution is -2.08. The predicted octanol–water partition coefficient (Wildman–Crippen LogP) is 3.43. The minimum Gasteiger partial charge on any atom is -0.481 e. The molecule has 0 aliphatic heterocycles. The first-order valence-corrected chi connectivity index (χ1v) is 10.6. The van der Waals surface area contributed by atoms with E-state index in [1.54, 1.807) is 12.4 Å². The number of aliphatic carboxylic acids is 1. The molecular formula is C21H32N6O3. The number of carboxylic acid groups (broad SMARTS) is 1. The van der Waals surface area contributed by atoms with E-state index >= 15 is 0 Å². The van der Waals surface area contributed by atoms with Gasteiger partial charge < -0.3 is 20.9 Å². The summed E-state index contributed by atoms with van der Waals surface area (Å²) >= 11 is 0. The smallest absolute Gasteiger partial charge is 0.316 e. The lowest BCUT2D eigenvalue weighted by atomic mass is 9.92. The first-order chi connectivity index (χ1) is 14.5. The molecule has 0 fully saturated rings. The van der Waals surface area contributed by atoms with Crippen LogP contribution < -0.4 is 15.8 Å². The van der Waals surface area contributed by atoms with Crippen molar-refractivity contribution in [3.05, 3.63) is 29.7 Å². The predicted molar refractivity (Wildman–Crippen MR) is 116 cm³/mol. The fourth-order valence-corrected chi connectivity index (χ4v) is 3.27. The topological polar surface area (TPSA) is 136 Å². The van der Waals surface area contributed by atoms with Crippen LogP contribution in [0.15, 0.2) is 18.5 Å². The normalized spacial score (nSPS) is 11.8. The van der Waals surface area contributed by atoms with Crippen LogP contribution >= 0.6 is 0 Å². The summed E-state index contributed by atoms with van der Waals surface area (Å²) in [5, 5.41) is 12.3. The molecule has 0 radical (unpaired) electrons. The highest BCUT2D eigenvalue weighted by molar-refractivity contribution is 5.68. The fourth-order valence-electron chi connectivity index (χ4n) is 3.27. The summed E-state index contributed by atoms with van der Waals surface area (Å²) in [6.07, 6.45) is 9.06. The van der Waals surface area contributed by atoms with E-state index in [2.05, 4.69) is 25.3 Å². The lowest BCUT2D eigenvalue weighted by Gasteiger charge is -2.15. The Morgan fingerprint density at radius 1 is 1.17 bits per heavy atom. The summed E-state index contributed by atoms with van der Waals surface area (Å²) in [5.41, 5.74) is 7.62. The quantitative estimate of drug-likeness (QED) is 0.396. The number of ether oxygens (including phenoxy) is 1.